The van der Waals surface area contributed by atoms with Gasteiger partial charge >= 0.3 is 7.82 Å². The average Bonchev–Trinajstić information content (AvgIpc) is 3.56. The zero-order valence-corrected chi connectivity index (χ0v) is 56.5. The van der Waals surface area contributed by atoms with E-state index in [1.54, 1.807) is 6.08 Å². The molecule has 0 radical (unpaired) electrons. The number of aliphatic hydroxyl groups excluding tert-OH is 1. The van der Waals surface area contributed by atoms with Crippen LogP contribution in [0.2, 0.25) is 0 Å². The van der Waals surface area contributed by atoms with Gasteiger partial charge in [-0.3, -0.25) is 13.8 Å². The average molecular weight is 1190 g/mol. The Morgan fingerprint density at radius 2 is 0.714 bits per heavy atom. The van der Waals surface area contributed by atoms with E-state index in [1.165, 1.54) is 199 Å². The number of rotatable bonds is 64. The lowest BCUT2D eigenvalue weighted by Crippen LogP contribution is -2.45. The number of quaternary nitrogens is 1. The molecule has 0 aliphatic carbocycles. The topological polar surface area (TPSA) is 105 Å². The number of aliphatic hydroxyl groups is 1. The summed E-state index contributed by atoms with van der Waals surface area (Å²) in [4.78, 5) is 23.4. The maximum absolute atomic E-state index is 13.1. The highest BCUT2D eigenvalue weighted by Gasteiger charge is 2.28. The van der Waals surface area contributed by atoms with E-state index in [9.17, 15) is 19.4 Å². The van der Waals surface area contributed by atoms with Crippen molar-refractivity contribution in [3.05, 3.63) is 109 Å². The Morgan fingerprint density at radius 1 is 0.417 bits per heavy atom. The fraction of sp³-hybridized carbons (Fsp3) is 0.747. The van der Waals surface area contributed by atoms with Crippen LogP contribution in [0, 0.1) is 0 Å². The van der Waals surface area contributed by atoms with Crippen LogP contribution in [0.25, 0.3) is 0 Å². The standard InChI is InChI=1S/C75H135N2O6P/c1-6-8-10-12-14-16-18-20-22-24-26-28-30-32-33-34-35-36-37-38-39-40-41-42-43-45-47-49-51-53-55-57-59-61-63-65-67-69-75(79)76-73(72-83-84(80,81)82-71-70-77(3,4)5)74(78)68-66-64-62-60-58-56-54-52-50-48-46-44-31-29-27-25-23-21-19-17-15-13-11-9-7-2/h8,10,14,16,20,22,26,28,32-33,35-36,38-39,41-42,66,68,73-74,78H,6-7,9,11-13,15,17-19,21,23-25,27,29-31,34,37,40,43-65,67,69-72H2,1-5H3,(H-,76,79,80,81)/p+1/b10-8-,16-14-,22-20-,28-26-,33-32-,36-35-,39-38-,42-41-,68-66+. The van der Waals surface area contributed by atoms with Crippen molar-refractivity contribution < 1.29 is 32.9 Å². The van der Waals surface area contributed by atoms with Crippen molar-refractivity contribution in [3.63, 3.8) is 0 Å². The first-order valence-electron chi connectivity index (χ1n) is 35.3. The van der Waals surface area contributed by atoms with E-state index in [1.807, 2.05) is 27.2 Å². The molecule has 3 N–H and O–H groups in total. The second-order valence-electron chi connectivity index (χ2n) is 24.9. The minimum Gasteiger partial charge on any atom is -0.387 e. The van der Waals surface area contributed by atoms with E-state index in [0.717, 1.165) is 89.9 Å². The molecule has 0 aliphatic heterocycles. The second-order valence-corrected chi connectivity index (χ2v) is 26.3. The molecule has 0 aliphatic rings. The fourth-order valence-electron chi connectivity index (χ4n) is 10.1. The summed E-state index contributed by atoms with van der Waals surface area (Å²) in [6.45, 7) is 4.73. The van der Waals surface area contributed by atoms with Crippen molar-refractivity contribution in [1.29, 1.82) is 0 Å². The van der Waals surface area contributed by atoms with Crippen LogP contribution in [0.5, 0.6) is 0 Å². The third-order valence-electron chi connectivity index (χ3n) is 15.5. The maximum Gasteiger partial charge on any atom is 0.472 e. The molecule has 0 fully saturated rings. The van der Waals surface area contributed by atoms with Crippen molar-refractivity contribution in [2.45, 2.75) is 321 Å². The highest BCUT2D eigenvalue weighted by Crippen LogP contribution is 2.43. The van der Waals surface area contributed by atoms with Crippen LogP contribution >= 0.6 is 7.82 Å². The Balaban J connectivity index is 4.10. The summed E-state index contributed by atoms with van der Waals surface area (Å²) in [7, 11) is 1.57. The molecule has 3 unspecified atom stereocenters. The summed E-state index contributed by atoms with van der Waals surface area (Å²) in [6, 6.07) is -0.855. The fourth-order valence-corrected chi connectivity index (χ4v) is 10.8. The number of unbranched alkanes of at least 4 members (excludes halogenated alkanes) is 35. The van der Waals surface area contributed by atoms with Gasteiger partial charge in [-0.2, -0.15) is 0 Å². The quantitative estimate of drug-likeness (QED) is 0.0243. The molecule has 0 saturated carbocycles. The Hall–Kier alpha value is -2.84. The summed E-state index contributed by atoms with van der Waals surface area (Å²) in [5.74, 6) is -0.179. The Bertz CT molecular complexity index is 1740. The van der Waals surface area contributed by atoms with Crippen molar-refractivity contribution in [2.75, 3.05) is 40.9 Å². The molecule has 486 valence electrons. The minimum atomic E-state index is -4.36. The normalized spacial score (nSPS) is 14.3. The maximum atomic E-state index is 13.1. The molecule has 0 aromatic carbocycles. The number of nitrogens with one attached hydrogen (secondary N) is 1. The number of nitrogens with zero attached hydrogens (tertiary/aromatic N) is 1. The predicted molar refractivity (Wildman–Crippen MR) is 369 cm³/mol. The number of carbonyl (C=O) groups excluding carboxylic acids is 1. The smallest absolute Gasteiger partial charge is 0.387 e. The van der Waals surface area contributed by atoms with Crippen LogP contribution < -0.4 is 5.32 Å². The lowest BCUT2D eigenvalue weighted by Gasteiger charge is -2.25. The molecule has 0 saturated heterocycles. The largest absolute Gasteiger partial charge is 0.472 e. The molecule has 84 heavy (non-hydrogen) atoms. The van der Waals surface area contributed by atoms with Gasteiger partial charge in [-0.15, -0.1) is 0 Å². The number of allylic oxidation sites excluding steroid dienone is 17. The zero-order valence-electron chi connectivity index (χ0n) is 55.6. The molecule has 3 atom stereocenters. The highest BCUT2D eigenvalue weighted by atomic mass is 31.2. The van der Waals surface area contributed by atoms with E-state index in [-0.39, 0.29) is 19.1 Å². The van der Waals surface area contributed by atoms with Gasteiger partial charge in [0.25, 0.3) is 0 Å². The number of carbonyl (C=O) groups is 1. The summed E-state index contributed by atoms with van der Waals surface area (Å²) < 4.78 is 23.8. The molecular formula is C75H136N2O6P+. The summed E-state index contributed by atoms with van der Waals surface area (Å²) in [6.07, 6.45) is 95.1. The number of phosphoric acid groups is 1. The first-order chi connectivity index (χ1) is 41.0. The number of likely N-dealkylation sites (N-methyl/N-ethyl adjacent to an activating group) is 1. The molecule has 1 amide bonds. The third-order valence-corrected chi connectivity index (χ3v) is 16.5. The van der Waals surface area contributed by atoms with E-state index >= 15 is 0 Å². The van der Waals surface area contributed by atoms with Crippen LogP contribution in [0.3, 0.4) is 0 Å². The SMILES string of the molecule is CC/C=C\C/C=C\C/C=C\C/C=C\C/C=C\C/C=C\C/C=C\C/C=C\CCCCCCCCCCCCCCC(=O)NC(COP(=O)(O)OCC[N+](C)(C)C)C(O)/C=C/CCCCCCCCCCCCCCCCCCCCCCCCC. The second kappa shape index (κ2) is 64.6. The van der Waals surface area contributed by atoms with Gasteiger partial charge in [-0.05, 0) is 83.5 Å². The van der Waals surface area contributed by atoms with E-state index in [0.29, 0.717) is 17.4 Å². The molecule has 0 spiro atoms. The molecule has 0 heterocycles. The van der Waals surface area contributed by atoms with Gasteiger partial charge < -0.3 is 19.8 Å². The number of phosphoric ester groups is 1. The molecule has 0 aromatic heterocycles. The van der Waals surface area contributed by atoms with Gasteiger partial charge in [0.1, 0.15) is 13.2 Å². The number of hydrogen-bond acceptors (Lipinski definition) is 5. The van der Waals surface area contributed by atoms with Gasteiger partial charge in [0.2, 0.25) is 5.91 Å². The Morgan fingerprint density at radius 3 is 1.05 bits per heavy atom. The monoisotopic (exact) mass is 1190 g/mol. The van der Waals surface area contributed by atoms with Crippen molar-refractivity contribution in [1.82, 2.24) is 5.32 Å². The zero-order chi connectivity index (χ0) is 61.2. The number of amides is 1. The summed E-state index contributed by atoms with van der Waals surface area (Å²) >= 11 is 0. The van der Waals surface area contributed by atoms with Crippen LogP contribution in [0.1, 0.15) is 309 Å². The lowest BCUT2D eigenvalue weighted by atomic mass is 10.0. The number of hydrogen-bond donors (Lipinski definition) is 3. The molecule has 8 nitrogen and oxygen atoms in total. The first-order valence-corrected chi connectivity index (χ1v) is 36.8. The predicted octanol–water partition coefficient (Wildman–Crippen LogP) is 22.7. The molecule has 0 bridgehead atoms. The van der Waals surface area contributed by atoms with E-state index in [4.69, 9.17) is 9.05 Å². The van der Waals surface area contributed by atoms with E-state index in [2.05, 4.69) is 116 Å². The first kappa shape index (κ1) is 81.2. The van der Waals surface area contributed by atoms with Gasteiger partial charge in [0.05, 0.1) is 39.9 Å². The minimum absolute atomic E-state index is 0.0577. The van der Waals surface area contributed by atoms with Gasteiger partial charge in [-0.25, -0.2) is 4.57 Å². The lowest BCUT2D eigenvalue weighted by molar-refractivity contribution is -0.870. The summed E-state index contributed by atoms with van der Waals surface area (Å²) in [5, 5.41) is 14.0. The van der Waals surface area contributed by atoms with Crippen LogP contribution in [0.4, 0.5) is 0 Å². The van der Waals surface area contributed by atoms with Gasteiger partial charge in [-0.1, -0.05) is 329 Å². The van der Waals surface area contributed by atoms with Gasteiger partial charge in [0, 0.05) is 6.42 Å². The van der Waals surface area contributed by atoms with Crippen molar-refractivity contribution >= 4 is 13.7 Å². The van der Waals surface area contributed by atoms with Gasteiger partial charge in [0.15, 0.2) is 0 Å². The molecule has 0 rings (SSSR count). The summed E-state index contributed by atoms with van der Waals surface area (Å²) in [5.41, 5.74) is 0. The Kier molecular flexibility index (Phi) is 62.4. The van der Waals surface area contributed by atoms with Crippen LogP contribution in [0.15, 0.2) is 109 Å². The molecular weight excluding hydrogens is 1060 g/mol. The van der Waals surface area contributed by atoms with Crippen molar-refractivity contribution in [2.24, 2.45) is 0 Å². The van der Waals surface area contributed by atoms with E-state index < -0.39 is 20.0 Å². The van der Waals surface area contributed by atoms with Crippen LogP contribution in [-0.4, -0.2) is 73.4 Å². The molecule has 0 aromatic rings. The third kappa shape index (κ3) is 66.7. The Labute approximate surface area is 521 Å². The molecule has 9 heteroatoms. The highest BCUT2D eigenvalue weighted by molar-refractivity contribution is 7.47. The van der Waals surface area contributed by atoms with Crippen molar-refractivity contribution in [3.8, 4) is 0 Å². The van der Waals surface area contributed by atoms with Crippen LogP contribution in [-0.2, 0) is 18.4 Å².